The molecule has 0 aliphatic carbocycles. The van der Waals surface area contributed by atoms with Gasteiger partial charge in [-0.1, -0.05) is 0 Å². The third-order valence-electron chi connectivity index (χ3n) is 2.62. The fraction of sp³-hybridized carbons (Fsp3) is 0.500. The van der Waals surface area contributed by atoms with E-state index < -0.39 is 8.32 Å². The Kier molecular flexibility index (Phi) is 8.48. The lowest BCUT2D eigenvalue weighted by atomic mass is 10.2. The first-order valence-corrected chi connectivity index (χ1v) is 13.1. The fourth-order valence-electron chi connectivity index (χ4n) is 1.56. The molecule has 0 heterocycles. The number of rotatable bonds is 6. The molecule has 0 fully saturated rings. The van der Waals surface area contributed by atoms with E-state index in [0.717, 1.165) is 40.4 Å². The Morgan fingerprint density at radius 1 is 0.900 bits per heavy atom. The monoisotopic (exact) mass is 614 g/mol. The molecule has 0 spiro atoms. The molecular weight excluding hydrogens is 604 g/mol. The van der Waals surface area contributed by atoms with Crippen LogP contribution in [0.2, 0.25) is 19.1 Å². The SMILES string of the molecule is C[Si](C)(O)CCCOCc1c(Br)c(Br)c(Br)c(Br)c1Br. The van der Waals surface area contributed by atoms with Crippen LogP contribution in [-0.4, -0.2) is 19.7 Å². The quantitative estimate of drug-likeness (QED) is 0.169. The molecular formula is C12H15Br5O2Si. The van der Waals surface area contributed by atoms with Gasteiger partial charge in [0.15, 0.2) is 8.32 Å². The first kappa shape index (κ1) is 19.8. The van der Waals surface area contributed by atoms with Gasteiger partial charge in [-0.05, 0) is 105 Å². The van der Waals surface area contributed by atoms with Crippen LogP contribution in [0.25, 0.3) is 0 Å². The van der Waals surface area contributed by atoms with Crippen molar-refractivity contribution in [1.29, 1.82) is 0 Å². The van der Waals surface area contributed by atoms with Gasteiger partial charge >= 0.3 is 0 Å². The summed E-state index contributed by atoms with van der Waals surface area (Å²) in [6.07, 6.45) is 0.893. The highest BCUT2D eigenvalue weighted by Gasteiger charge is 2.18. The van der Waals surface area contributed by atoms with Gasteiger partial charge in [0.2, 0.25) is 0 Å². The average molecular weight is 619 g/mol. The van der Waals surface area contributed by atoms with Crippen molar-refractivity contribution in [3.63, 3.8) is 0 Å². The Morgan fingerprint density at radius 3 is 1.80 bits per heavy atom. The summed E-state index contributed by atoms with van der Waals surface area (Å²) in [4.78, 5) is 9.78. The van der Waals surface area contributed by atoms with Gasteiger partial charge in [-0.3, -0.25) is 0 Å². The predicted octanol–water partition coefficient (Wildman–Crippen LogP) is 6.60. The number of hydrogen-bond acceptors (Lipinski definition) is 2. The van der Waals surface area contributed by atoms with Gasteiger partial charge in [0.25, 0.3) is 0 Å². The average Bonchev–Trinajstić information content (AvgIpc) is 2.36. The smallest absolute Gasteiger partial charge is 0.182 e. The summed E-state index contributed by atoms with van der Waals surface area (Å²) in [5.41, 5.74) is 1.05. The first-order valence-electron chi connectivity index (χ1n) is 5.95. The molecule has 0 amide bonds. The van der Waals surface area contributed by atoms with E-state index in [0.29, 0.717) is 13.2 Å². The van der Waals surface area contributed by atoms with Crippen LogP contribution in [0, 0.1) is 0 Å². The van der Waals surface area contributed by atoms with Gasteiger partial charge in [-0.25, -0.2) is 0 Å². The summed E-state index contributed by atoms with van der Waals surface area (Å²) in [6.45, 7) is 5.06. The molecule has 0 saturated heterocycles. The van der Waals surface area contributed by atoms with E-state index in [1.807, 2.05) is 13.1 Å². The molecule has 0 bridgehead atoms. The van der Waals surface area contributed by atoms with Gasteiger partial charge in [0.05, 0.1) is 6.61 Å². The van der Waals surface area contributed by atoms with Crippen molar-refractivity contribution in [1.82, 2.24) is 0 Å². The van der Waals surface area contributed by atoms with Crippen molar-refractivity contribution >= 4 is 88.0 Å². The molecule has 1 aromatic rings. The van der Waals surface area contributed by atoms with E-state index in [-0.39, 0.29) is 0 Å². The van der Waals surface area contributed by atoms with Gasteiger partial charge in [0, 0.05) is 34.5 Å². The van der Waals surface area contributed by atoms with E-state index in [4.69, 9.17) is 4.74 Å². The Morgan fingerprint density at radius 2 is 1.35 bits per heavy atom. The van der Waals surface area contributed by atoms with Gasteiger partial charge in [-0.2, -0.15) is 0 Å². The highest BCUT2D eigenvalue weighted by Crippen LogP contribution is 2.44. The minimum atomic E-state index is -1.95. The van der Waals surface area contributed by atoms with Crippen LogP contribution in [0.4, 0.5) is 0 Å². The zero-order chi connectivity index (χ0) is 15.5. The topological polar surface area (TPSA) is 29.5 Å². The second-order valence-corrected chi connectivity index (χ2v) is 13.1. The first-order chi connectivity index (χ1) is 9.15. The maximum absolute atomic E-state index is 9.78. The van der Waals surface area contributed by atoms with E-state index >= 15 is 0 Å². The number of halogens is 5. The van der Waals surface area contributed by atoms with Crippen LogP contribution in [0.3, 0.4) is 0 Å². The minimum absolute atomic E-state index is 0.513. The summed E-state index contributed by atoms with van der Waals surface area (Å²) in [7, 11) is -1.95. The molecule has 0 aliphatic heterocycles. The molecule has 0 aromatic heterocycles. The summed E-state index contributed by atoms with van der Waals surface area (Å²) < 4.78 is 10.5. The highest BCUT2D eigenvalue weighted by molar-refractivity contribution is 9.15. The number of benzene rings is 1. The molecule has 1 N–H and O–H groups in total. The molecule has 1 aromatic carbocycles. The molecule has 20 heavy (non-hydrogen) atoms. The summed E-state index contributed by atoms with van der Waals surface area (Å²) in [6, 6.07) is 0.864. The fourth-order valence-corrected chi connectivity index (χ4v) is 5.93. The lowest BCUT2D eigenvalue weighted by Crippen LogP contribution is -2.24. The Balaban J connectivity index is 2.66. The zero-order valence-electron chi connectivity index (χ0n) is 11.1. The number of ether oxygens (including phenoxy) is 1. The maximum atomic E-state index is 9.78. The lowest BCUT2D eigenvalue weighted by Gasteiger charge is -2.15. The van der Waals surface area contributed by atoms with Crippen molar-refractivity contribution in [2.75, 3.05) is 6.61 Å². The van der Waals surface area contributed by atoms with Crippen molar-refractivity contribution in [3.8, 4) is 0 Å². The van der Waals surface area contributed by atoms with Crippen molar-refractivity contribution < 1.29 is 9.53 Å². The van der Waals surface area contributed by atoms with E-state index in [1.54, 1.807) is 0 Å². The third kappa shape index (κ3) is 5.75. The number of hydrogen-bond donors (Lipinski definition) is 1. The standard InChI is InChI=1S/C12H15Br5O2Si/c1-20(2,18)5-3-4-19-6-7-8(13)10(15)12(17)11(16)9(7)14/h18H,3-6H2,1-2H3. The van der Waals surface area contributed by atoms with Crippen LogP contribution >= 0.6 is 79.6 Å². The van der Waals surface area contributed by atoms with Gasteiger partial charge in [-0.15, -0.1) is 0 Å². The summed E-state index contributed by atoms with van der Waals surface area (Å²) >= 11 is 17.7. The van der Waals surface area contributed by atoms with E-state index in [9.17, 15) is 4.80 Å². The Bertz CT molecular complexity index is 459. The molecule has 1 rings (SSSR count). The molecule has 0 saturated carbocycles. The summed E-state index contributed by atoms with van der Waals surface area (Å²) in [5, 5.41) is 0. The third-order valence-corrected chi connectivity index (χ3v) is 10.5. The second kappa shape index (κ2) is 8.56. The van der Waals surface area contributed by atoms with Gasteiger partial charge in [0.1, 0.15) is 0 Å². The normalized spacial score (nSPS) is 12.0. The van der Waals surface area contributed by atoms with Crippen molar-refractivity contribution in [3.05, 3.63) is 27.9 Å². The van der Waals surface area contributed by atoms with Crippen LogP contribution < -0.4 is 0 Å². The van der Waals surface area contributed by atoms with Crippen LogP contribution in [0.5, 0.6) is 0 Å². The molecule has 0 unspecified atom stereocenters. The minimum Gasteiger partial charge on any atom is -0.432 e. The Hall–Kier alpha value is 1.76. The van der Waals surface area contributed by atoms with Crippen LogP contribution in [-0.2, 0) is 11.3 Å². The largest absolute Gasteiger partial charge is 0.432 e. The molecule has 0 atom stereocenters. The van der Waals surface area contributed by atoms with E-state index in [1.165, 1.54) is 0 Å². The molecule has 2 nitrogen and oxygen atoms in total. The summed E-state index contributed by atoms with van der Waals surface area (Å²) in [5.74, 6) is 0. The molecule has 0 radical (unpaired) electrons. The highest BCUT2D eigenvalue weighted by atomic mass is 79.9. The van der Waals surface area contributed by atoms with Crippen LogP contribution in [0.15, 0.2) is 22.4 Å². The Labute approximate surface area is 162 Å². The second-order valence-electron chi connectivity index (χ2n) is 5.02. The molecule has 0 aliphatic rings. The maximum Gasteiger partial charge on any atom is 0.182 e. The van der Waals surface area contributed by atoms with E-state index in [2.05, 4.69) is 79.6 Å². The zero-order valence-corrected chi connectivity index (χ0v) is 20.0. The van der Waals surface area contributed by atoms with Crippen molar-refractivity contribution in [2.24, 2.45) is 0 Å². The predicted molar refractivity (Wildman–Crippen MR) is 104 cm³/mol. The van der Waals surface area contributed by atoms with Crippen molar-refractivity contribution in [2.45, 2.75) is 32.2 Å². The molecule has 8 heteroatoms. The van der Waals surface area contributed by atoms with Gasteiger partial charge < -0.3 is 9.53 Å². The van der Waals surface area contributed by atoms with Crippen LogP contribution in [0.1, 0.15) is 12.0 Å². The molecule has 114 valence electrons. The lowest BCUT2D eigenvalue weighted by molar-refractivity contribution is 0.120.